The van der Waals surface area contributed by atoms with Gasteiger partial charge in [0.1, 0.15) is 10.2 Å². The summed E-state index contributed by atoms with van der Waals surface area (Å²) in [4.78, 5) is 45.5. The molecule has 0 spiro atoms. The molecule has 0 bridgehead atoms. The number of benzene rings is 1. The van der Waals surface area contributed by atoms with Crippen molar-refractivity contribution in [2.45, 2.75) is 32.9 Å². The molecule has 30 heavy (non-hydrogen) atoms. The van der Waals surface area contributed by atoms with Crippen LogP contribution in [0.3, 0.4) is 0 Å². The average Bonchev–Trinajstić information content (AvgIpc) is 2.67. The van der Waals surface area contributed by atoms with E-state index in [1.54, 1.807) is 52.1 Å². The molecular weight excluding hydrogens is 456 g/mol. The van der Waals surface area contributed by atoms with Crippen LogP contribution in [0.25, 0.3) is 0 Å². The summed E-state index contributed by atoms with van der Waals surface area (Å²) in [5.74, 6) is -1.30. The zero-order valence-electron chi connectivity index (χ0n) is 17.0. The van der Waals surface area contributed by atoms with E-state index < -0.39 is 23.5 Å². The van der Waals surface area contributed by atoms with Gasteiger partial charge in [-0.05, 0) is 54.4 Å². The zero-order chi connectivity index (χ0) is 22.5. The maximum absolute atomic E-state index is 12.2. The number of rotatable bonds is 4. The summed E-state index contributed by atoms with van der Waals surface area (Å²) in [6, 6.07) is 6.56. The fraction of sp³-hybridized carbons (Fsp3) is 0.316. The number of nitrogens with two attached hydrogens (primary N) is 1. The SMILES string of the molecule is CN(Cc1ccc(C(=O)NNC(=O)c2nc(Br)cnc2N)cc1)C(=O)OC(C)(C)C. The smallest absolute Gasteiger partial charge is 0.410 e. The van der Waals surface area contributed by atoms with Crippen LogP contribution in [0.2, 0.25) is 0 Å². The molecule has 0 unspecified atom stereocenters. The van der Waals surface area contributed by atoms with Crippen molar-refractivity contribution in [1.82, 2.24) is 25.7 Å². The van der Waals surface area contributed by atoms with Gasteiger partial charge < -0.3 is 15.4 Å². The minimum Gasteiger partial charge on any atom is -0.444 e. The van der Waals surface area contributed by atoms with E-state index in [2.05, 4.69) is 36.7 Å². The highest BCUT2D eigenvalue weighted by Crippen LogP contribution is 2.13. The van der Waals surface area contributed by atoms with Crippen molar-refractivity contribution in [1.29, 1.82) is 0 Å². The molecule has 1 aromatic carbocycles. The number of hydrazine groups is 1. The van der Waals surface area contributed by atoms with E-state index in [1.807, 2.05) is 0 Å². The van der Waals surface area contributed by atoms with Gasteiger partial charge in [-0.1, -0.05) is 12.1 Å². The minimum absolute atomic E-state index is 0.0663. The second kappa shape index (κ2) is 9.53. The third-order valence-corrected chi connectivity index (χ3v) is 4.00. The Hall–Kier alpha value is -3.21. The van der Waals surface area contributed by atoms with E-state index in [9.17, 15) is 14.4 Å². The maximum atomic E-state index is 12.2. The Kier molecular flexibility index (Phi) is 7.33. The fourth-order valence-electron chi connectivity index (χ4n) is 2.23. The number of hydrogen-bond acceptors (Lipinski definition) is 7. The zero-order valence-corrected chi connectivity index (χ0v) is 18.6. The lowest BCUT2D eigenvalue weighted by molar-refractivity contribution is 0.0285. The molecule has 1 heterocycles. The van der Waals surface area contributed by atoms with Gasteiger partial charge in [0, 0.05) is 19.2 Å². The number of nitrogens with one attached hydrogen (secondary N) is 2. The molecule has 2 aromatic rings. The lowest BCUT2D eigenvalue weighted by atomic mass is 10.1. The lowest BCUT2D eigenvalue weighted by Crippen LogP contribution is -2.42. The van der Waals surface area contributed by atoms with Crippen molar-refractivity contribution in [3.63, 3.8) is 0 Å². The van der Waals surface area contributed by atoms with Gasteiger partial charge in [-0.15, -0.1) is 0 Å². The Bertz CT molecular complexity index is 943. The second-order valence-electron chi connectivity index (χ2n) is 7.37. The summed E-state index contributed by atoms with van der Waals surface area (Å²) in [5.41, 5.74) is 10.6. The van der Waals surface area contributed by atoms with Crippen LogP contribution in [0, 0.1) is 0 Å². The number of ether oxygens (including phenoxy) is 1. The molecule has 0 atom stereocenters. The number of hydrogen-bond donors (Lipinski definition) is 3. The van der Waals surface area contributed by atoms with Crippen LogP contribution in [0.1, 0.15) is 47.2 Å². The quantitative estimate of drug-likeness (QED) is 0.572. The first-order chi connectivity index (χ1) is 14.0. The molecular formula is C19H23BrN6O4. The van der Waals surface area contributed by atoms with E-state index in [0.29, 0.717) is 16.7 Å². The number of nitrogens with zero attached hydrogens (tertiary/aromatic N) is 3. The summed E-state index contributed by atoms with van der Waals surface area (Å²) in [7, 11) is 1.63. The van der Waals surface area contributed by atoms with Crippen molar-refractivity contribution >= 4 is 39.7 Å². The molecule has 0 aliphatic carbocycles. The van der Waals surface area contributed by atoms with Crippen molar-refractivity contribution in [3.8, 4) is 0 Å². The first-order valence-electron chi connectivity index (χ1n) is 8.88. The summed E-state index contributed by atoms with van der Waals surface area (Å²) >= 11 is 3.10. The van der Waals surface area contributed by atoms with Gasteiger partial charge in [0.15, 0.2) is 11.5 Å². The number of carbonyl (C=O) groups excluding carboxylic acids is 3. The van der Waals surface area contributed by atoms with Crippen molar-refractivity contribution in [3.05, 3.63) is 51.9 Å². The van der Waals surface area contributed by atoms with Crippen molar-refractivity contribution in [2.75, 3.05) is 12.8 Å². The number of anilines is 1. The number of nitrogen functional groups attached to an aromatic ring is 1. The number of aromatic nitrogens is 2. The molecule has 11 heteroatoms. The van der Waals surface area contributed by atoms with Crippen LogP contribution in [-0.4, -0.2) is 45.4 Å². The Morgan fingerprint density at radius 2 is 1.73 bits per heavy atom. The van der Waals surface area contributed by atoms with Crippen LogP contribution >= 0.6 is 15.9 Å². The highest BCUT2D eigenvalue weighted by Gasteiger charge is 2.20. The van der Waals surface area contributed by atoms with Crippen LogP contribution < -0.4 is 16.6 Å². The topological polar surface area (TPSA) is 140 Å². The lowest BCUT2D eigenvalue weighted by Gasteiger charge is -2.24. The van der Waals surface area contributed by atoms with E-state index in [1.165, 1.54) is 11.1 Å². The van der Waals surface area contributed by atoms with Crippen LogP contribution in [0.5, 0.6) is 0 Å². The highest BCUT2D eigenvalue weighted by atomic mass is 79.9. The Morgan fingerprint density at radius 1 is 1.13 bits per heavy atom. The monoisotopic (exact) mass is 478 g/mol. The Morgan fingerprint density at radius 3 is 2.33 bits per heavy atom. The number of carbonyl (C=O) groups is 3. The van der Waals surface area contributed by atoms with Gasteiger partial charge in [0.05, 0.1) is 6.20 Å². The summed E-state index contributed by atoms with van der Waals surface area (Å²) in [6.07, 6.45) is 0.911. The third kappa shape index (κ3) is 6.69. The largest absolute Gasteiger partial charge is 0.444 e. The maximum Gasteiger partial charge on any atom is 0.410 e. The van der Waals surface area contributed by atoms with E-state index in [0.717, 1.165) is 5.56 Å². The molecule has 0 saturated heterocycles. The van der Waals surface area contributed by atoms with Crippen molar-refractivity contribution < 1.29 is 19.1 Å². The summed E-state index contributed by atoms with van der Waals surface area (Å²) in [5, 5.41) is 0. The minimum atomic E-state index is -0.703. The molecule has 1 aromatic heterocycles. The normalized spacial score (nSPS) is 10.8. The second-order valence-corrected chi connectivity index (χ2v) is 8.18. The molecule has 10 nitrogen and oxygen atoms in total. The fourth-order valence-corrected chi connectivity index (χ4v) is 2.51. The average molecular weight is 479 g/mol. The van der Waals surface area contributed by atoms with Gasteiger partial charge >= 0.3 is 6.09 Å². The van der Waals surface area contributed by atoms with E-state index in [-0.39, 0.29) is 11.5 Å². The van der Waals surface area contributed by atoms with E-state index in [4.69, 9.17) is 10.5 Å². The summed E-state index contributed by atoms with van der Waals surface area (Å²) < 4.78 is 5.63. The van der Waals surface area contributed by atoms with Gasteiger partial charge in [0.25, 0.3) is 11.8 Å². The molecule has 160 valence electrons. The van der Waals surface area contributed by atoms with Gasteiger partial charge in [-0.25, -0.2) is 14.8 Å². The molecule has 4 N–H and O–H groups in total. The van der Waals surface area contributed by atoms with Gasteiger partial charge in [-0.3, -0.25) is 20.4 Å². The van der Waals surface area contributed by atoms with Gasteiger partial charge in [-0.2, -0.15) is 0 Å². The van der Waals surface area contributed by atoms with Crippen molar-refractivity contribution in [2.24, 2.45) is 0 Å². The summed E-state index contributed by atoms with van der Waals surface area (Å²) in [6.45, 7) is 5.70. The first kappa shape index (κ1) is 23.1. The standard InChI is InChI=1S/C19H23BrN6O4/c1-19(2,3)30-18(29)26(4)10-11-5-7-12(8-6-11)16(27)24-25-17(28)14-15(21)22-9-13(20)23-14/h5-9H,10H2,1-4H3,(H2,21,22)(H,24,27)(H,25,28). The first-order valence-corrected chi connectivity index (χ1v) is 9.67. The molecule has 3 amide bonds. The molecule has 0 radical (unpaired) electrons. The van der Waals surface area contributed by atoms with E-state index >= 15 is 0 Å². The number of amides is 3. The van der Waals surface area contributed by atoms with Gasteiger partial charge in [0.2, 0.25) is 0 Å². The molecule has 0 aliphatic heterocycles. The molecule has 2 rings (SSSR count). The molecule has 0 aliphatic rings. The Labute approximate surface area is 182 Å². The Balaban J connectivity index is 1.92. The van der Waals surface area contributed by atoms with Crippen LogP contribution in [-0.2, 0) is 11.3 Å². The molecule has 0 saturated carbocycles. The predicted octanol–water partition coefficient (Wildman–Crippen LogP) is 2.26. The molecule has 0 fully saturated rings. The van der Waals surface area contributed by atoms with Crippen LogP contribution in [0.15, 0.2) is 35.1 Å². The third-order valence-electron chi connectivity index (χ3n) is 3.62. The van der Waals surface area contributed by atoms with Crippen LogP contribution in [0.4, 0.5) is 10.6 Å². The predicted molar refractivity (Wildman–Crippen MR) is 113 cm³/mol. The number of halogens is 1. The highest BCUT2D eigenvalue weighted by molar-refractivity contribution is 9.10.